The molecule has 0 saturated heterocycles. The van der Waals surface area contributed by atoms with E-state index in [2.05, 4.69) is 32.9 Å². The van der Waals surface area contributed by atoms with E-state index in [9.17, 15) is 0 Å². The highest BCUT2D eigenvalue weighted by molar-refractivity contribution is 6.32. The molecule has 0 atom stereocenters. The monoisotopic (exact) mass is 238 g/mol. The predicted octanol–water partition coefficient (Wildman–Crippen LogP) is 5.33. The lowest BCUT2D eigenvalue weighted by Crippen LogP contribution is -1.94. The van der Waals surface area contributed by atoms with Crippen LogP contribution in [0.1, 0.15) is 56.2 Å². The van der Waals surface area contributed by atoms with Crippen molar-refractivity contribution in [2.24, 2.45) is 0 Å². The van der Waals surface area contributed by atoms with Crippen molar-refractivity contribution in [3.05, 3.63) is 33.8 Å². The minimum absolute atomic E-state index is 0.980. The number of hydrogen-bond donors (Lipinski definition) is 0. The number of aryl methyl sites for hydroxylation is 3. The average Bonchev–Trinajstić information content (AvgIpc) is 2.28. The maximum atomic E-state index is 6.33. The zero-order valence-electron chi connectivity index (χ0n) is 10.8. The average molecular weight is 239 g/mol. The highest BCUT2D eigenvalue weighted by Gasteiger charge is 2.05. The van der Waals surface area contributed by atoms with Gasteiger partial charge in [0.05, 0.1) is 0 Å². The van der Waals surface area contributed by atoms with E-state index in [-0.39, 0.29) is 0 Å². The van der Waals surface area contributed by atoms with E-state index < -0.39 is 0 Å². The number of hydrogen-bond acceptors (Lipinski definition) is 0. The van der Waals surface area contributed by atoms with Crippen LogP contribution < -0.4 is 0 Å². The van der Waals surface area contributed by atoms with Crippen LogP contribution in [0, 0.1) is 6.92 Å². The van der Waals surface area contributed by atoms with E-state index in [4.69, 9.17) is 11.6 Å². The third kappa shape index (κ3) is 3.83. The number of benzene rings is 1. The summed E-state index contributed by atoms with van der Waals surface area (Å²) in [6.45, 7) is 6.58. The van der Waals surface area contributed by atoms with Crippen LogP contribution in [-0.4, -0.2) is 0 Å². The largest absolute Gasteiger partial charge is 0.0837 e. The van der Waals surface area contributed by atoms with Crippen LogP contribution in [0.3, 0.4) is 0 Å². The third-order valence-corrected chi connectivity index (χ3v) is 3.55. The lowest BCUT2D eigenvalue weighted by Gasteiger charge is -2.10. The summed E-state index contributed by atoms with van der Waals surface area (Å²) in [4.78, 5) is 0. The van der Waals surface area contributed by atoms with Crippen molar-refractivity contribution in [3.8, 4) is 0 Å². The summed E-state index contributed by atoms with van der Waals surface area (Å²) in [5.74, 6) is 0. The molecule has 0 radical (unpaired) electrons. The van der Waals surface area contributed by atoms with Gasteiger partial charge in [0.15, 0.2) is 0 Å². The zero-order valence-corrected chi connectivity index (χ0v) is 11.5. The van der Waals surface area contributed by atoms with Gasteiger partial charge in [0.25, 0.3) is 0 Å². The Morgan fingerprint density at radius 3 is 2.25 bits per heavy atom. The van der Waals surface area contributed by atoms with Crippen molar-refractivity contribution in [1.29, 1.82) is 0 Å². The van der Waals surface area contributed by atoms with Crippen LogP contribution in [0.4, 0.5) is 0 Å². The third-order valence-electron chi connectivity index (χ3n) is 3.01. The Morgan fingerprint density at radius 1 is 1.00 bits per heavy atom. The first-order chi connectivity index (χ1) is 7.69. The summed E-state index contributed by atoms with van der Waals surface area (Å²) in [7, 11) is 0. The summed E-state index contributed by atoms with van der Waals surface area (Å²) in [5, 5.41) is 0.980. The Hall–Kier alpha value is -0.490. The van der Waals surface area contributed by atoms with E-state index in [0.29, 0.717) is 0 Å². The van der Waals surface area contributed by atoms with Crippen LogP contribution in [0.2, 0.25) is 5.02 Å². The molecule has 0 aliphatic rings. The molecule has 0 aliphatic carbocycles. The fraction of sp³-hybridized carbons (Fsp3) is 0.600. The topological polar surface area (TPSA) is 0 Å². The SMILES string of the molecule is CCCCc1cc(C)c(Cl)c(CCCC)c1. The molecule has 16 heavy (non-hydrogen) atoms. The fourth-order valence-corrected chi connectivity index (χ4v) is 2.20. The van der Waals surface area contributed by atoms with Crippen LogP contribution >= 0.6 is 11.6 Å². The zero-order chi connectivity index (χ0) is 12.0. The maximum absolute atomic E-state index is 6.33. The fourth-order valence-electron chi connectivity index (χ4n) is 2.00. The molecule has 0 bridgehead atoms. The van der Waals surface area contributed by atoms with Crippen molar-refractivity contribution in [2.45, 2.75) is 59.3 Å². The molecular formula is C15H23Cl. The van der Waals surface area contributed by atoms with Gasteiger partial charge >= 0.3 is 0 Å². The van der Waals surface area contributed by atoms with Gasteiger partial charge in [-0.15, -0.1) is 0 Å². The van der Waals surface area contributed by atoms with Crippen molar-refractivity contribution in [2.75, 3.05) is 0 Å². The normalized spacial score (nSPS) is 10.8. The summed E-state index contributed by atoms with van der Waals surface area (Å²) in [6.07, 6.45) is 7.30. The van der Waals surface area contributed by atoms with E-state index in [1.54, 1.807) is 0 Å². The smallest absolute Gasteiger partial charge is 0.0467 e. The van der Waals surface area contributed by atoms with Crippen molar-refractivity contribution in [3.63, 3.8) is 0 Å². The first kappa shape index (κ1) is 13.6. The van der Waals surface area contributed by atoms with E-state index in [1.165, 1.54) is 48.8 Å². The molecule has 1 aromatic rings. The Morgan fingerprint density at radius 2 is 1.62 bits per heavy atom. The molecule has 1 rings (SSSR count). The number of halogens is 1. The molecule has 90 valence electrons. The summed E-state index contributed by atoms with van der Waals surface area (Å²) in [6, 6.07) is 4.55. The molecule has 0 fully saturated rings. The molecular weight excluding hydrogens is 216 g/mol. The van der Waals surface area contributed by atoms with Gasteiger partial charge in [-0.3, -0.25) is 0 Å². The molecule has 0 nitrogen and oxygen atoms in total. The highest BCUT2D eigenvalue weighted by atomic mass is 35.5. The van der Waals surface area contributed by atoms with Gasteiger partial charge in [-0.1, -0.05) is 50.4 Å². The first-order valence-corrected chi connectivity index (χ1v) is 6.84. The Labute approximate surface area is 105 Å². The van der Waals surface area contributed by atoms with Crippen LogP contribution in [0.5, 0.6) is 0 Å². The molecule has 0 saturated carbocycles. The van der Waals surface area contributed by atoms with Crippen LogP contribution in [0.25, 0.3) is 0 Å². The molecule has 0 aromatic heterocycles. The Balaban J connectivity index is 2.83. The number of unbranched alkanes of at least 4 members (excludes halogenated alkanes) is 2. The van der Waals surface area contributed by atoms with Crippen LogP contribution in [-0.2, 0) is 12.8 Å². The van der Waals surface area contributed by atoms with Gasteiger partial charge in [-0.25, -0.2) is 0 Å². The first-order valence-electron chi connectivity index (χ1n) is 6.47. The van der Waals surface area contributed by atoms with E-state index >= 15 is 0 Å². The summed E-state index contributed by atoms with van der Waals surface area (Å²) < 4.78 is 0. The van der Waals surface area contributed by atoms with Crippen molar-refractivity contribution < 1.29 is 0 Å². The highest BCUT2D eigenvalue weighted by Crippen LogP contribution is 2.25. The Kier molecular flexibility index (Phi) is 5.90. The van der Waals surface area contributed by atoms with E-state index in [0.717, 1.165) is 11.4 Å². The lowest BCUT2D eigenvalue weighted by atomic mass is 9.99. The van der Waals surface area contributed by atoms with Crippen molar-refractivity contribution >= 4 is 11.6 Å². The molecule has 0 unspecified atom stereocenters. The minimum atomic E-state index is 0.980. The molecule has 0 N–H and O–H groups in total. The molecule has 0 heterocycles. The predicted molar refractivity (Wildman–Crippen MR) is 73.4 cm³/mol. The van der Waals surface area contributed by atoms with Gasteiger partial charge in [0.1, 0.15) is 0 Å². The van der Waals surface area contributed by atoms with Gasteiger partial charge in [0, 0.05) is 5.02 Å². The maximum Gasteiger partial charge on any atom is 0.0467 e. The quantitative estimate of drug-likeness (QED) is 0.628. The lowest BCUT2D eigenvalue weighted by molar-refractivity contribution is 0.779. The van der Waals surface area contributed by atoms with Gasteiger partial charge in [-0.05, 0) is 49.3 Å². The second-order valence-corrected chi connectivity index (χ2v) is 4.97. The molecule has 1 aromatic carbocycles. The van der Waals surface area contributed by atoms with E-state index in [1.807, 2.05) is 0 Å². The minimum Gasteiger partial charge on any atom is -0.0837 e. The molecule has 0 aliphatic heterocycles. The van der Waals surface area contributed by atoms with Gasteiger partial charge < -0.3 is 0 Å². The van der Waals surface area contributed by atoms with Gasteiger partial charge in [-0.2, -0.15) is 0 Å². The molecule has 0 spiro atoms. The standard InChI is InChI=1S/C15H23Cl/c1-4-6-8-13-10-12(3)15(16)14(11-13)9-7-5-2/h10-11H,4-9H2,1-3H3. The second kappa shape index (κ2) is 6.96. The summed E-state index contributed by atoms with van der Waals surface area (Å²) >= 11 is 6.33. The number of rotatable bonds is 6. The molecule has 0 amide bonds. The summed E-state index contributed by atoms with van der Waals surface area (Å²) in [5.41, 5.74) is 4.03. The second-order valence-electron chi connectivity index (χ2n) is 4.59. The van der Waals surface area contributed by atoms with Crippen molar-refractivity contribution in [1.82, 2.24) is 0 Å². The Bertz CT molecular complexity index is 328. The molecule has 1 heteroatoms. The van der Waals surface area contributed by atoms with Crippen LogP contribution in [0.15, 0.2) is 12.1 Å². The van der Waals surface area contributed by atoms with Gasteiger partial charge in [0.2, 0.25) is 0 Å².